The predicted octanol–water partition coefficient (Wildman–Crippen LogP) is 3.94. The molecule has 0 bridgehead atoms. The second-order valence-electron chi connectivity index (χ2n) is 5.82. The summed E-state index contributed by atoms with van der Waals surface area (Å²) in [5.74, 6) is -0.369. The second kappa shape index (κ2) is 8.01. The average Bonchev–Trinajstić information content (AvgIpc) is 2.52. The lowest BCUT2D eigenvalue weighted by atomic mass is 10.1. The Bertz CT molecular complexity index is 851. The van der Waals surface area contributed by atoms with Crippen molar-refractivity contribution in [3.8, 4) is 0 Å². The molecule has 1 unspecified atom stereocenters. The van der Waals surface area contributed by atoms with Crippen molar-refractivity contribution < 1.29 is 13.2 Å². The molecule has 1 atom stereocenters. The van der Waals surface area contributed by atoms with Gasteiger partial charge in [-0.25, -0.2) is 8.42 Å². The summed E-state index contributed by atoms with van der Waals surface area (Å²) in [6.07, 6.45) is 1.46. The van der Waals surface area contributed by atoms with Gasteiger partial charge in [-0.05, 0) is 43.7 Å². The first-order valence-corrected chi connectivity index (χ1v) is 10.5. The molecule has 0 heterocycles. The summed E-state index contributed by atoms with van der Waals surface area (Å²) in [7, 11) is -3.62. The fourth-order valence-electron chi connectivity index (χ4n) is 2.54. The van der Waals surface area contributed by atoms with Gasteiger partial charge in [-0.15, -0.1) is 0 Å². The minimum Gasteiger partial charge on any atom is -0.324 e. The van der Waals surface area contributed by atoms with E-state index in [-0.39, 0.29) is 5.91 Å². The monoisotopic (exact) mass is 424 g/mol. The number of nitrogens with one attached hydrogen (secondary N) is 1. The molecule has 0 fully saturated rings. The van der Waals surface area contributed by atoms with Gasteiger partial charge in [0.25, 0.3) is 0 Å². The van der Waals surface area contributed by atoms with Crippen LogP contribution in [0.5, 0.6) is 0 Å². The van der Waals surface area contributed by atoms with Crippen molar-refractivity contribution in [1.29, 1.82) is 0 Å². The molecular formula is C18H21BrN2O3S. The number of hydrogen-bond donors (Lipinski definition) is 1. The fraction of sp³-hybridized carbons (Fsp3) is 0.278. The van der Waals surface area contributed by atoms with Gasteiger partial charge in [-0.2, -0.15) is 0 Å². The zero-order valence-electron chi connectivity index (χ0n) is 14.4. The topological polar surface area (TPSA) is 66.5 Å². The first-order chi connectivity index (χ1) is 11.7. The van der Waals surface area contributed by atoms with Crippen LogP contribution in [0.1, 0.15) is 18.9 Å². The largest absolute Gasteiger partial charge is 0.324 e. The quantitative estimate of drug-likeness (QED) is 0.763. The van der Waals surface area contributed by atoms with Gasteiger partial charge >= 0.3 is 0 Å². The molecular weight excluding hydrogens is 404 g/mol. The van der Waals surface area contributed by atoms with E-state index in [4.69, 9.17) is 0 Å². The molecule has 2 aromatic carbocycles. The van der Waals surface area contributed by atoms with E-state index in [1.165, 1.54) is 4.31 Å². The number of carbonyl (C=O) groups excluding carboxylic acids is 1. The van der Waals surface area contributed by atoms with Gasteiger partial charge in [0.15, 0.2) is 0 Å². The number of amides is 1. The first kappa shape index (κ1) is 19.5. The smallest absolute Gasteiger partial charge is 0.248 e. The summed E-state index contributed by atoms with van der Waals surface area (Å²) in [4.78, 5) is 12.8. The second-order valence-corrected chi connectivity index (χ2v) is 8.59. The van der Waals surface area contributed by atoms with Gasteiger partial charge in [0.1, 0.15) is 6.04 Å². The SMILES string of the molecule is CCC(C(=O)Nc1cccc(Br)c1)N(c1ccc(C)cc1)S(C)(=O)=O. The number of carbonyl (C=O) groups is 1. The van der Waals surface area contributed by atoms with Gasteiger partial charge in [-0.3, -0.25) is 9.10 Å². The van der Waals surface area contributed by atoms with Gasteiger partial charge in [0.2, 0.25) is 15.9 Å². The van der Waals surface area contributed by atoms with Crippen molar-refractivity contribution in [2.24, 2.45) is 0 Å². The van der Waals surface area contributed by atoms with Crippen molar-refractivity contribution in [2.45, 2.75) is 26.3 Å². The Balaban J connectivity index is 2.36. The normalized spacial score (nSPS) is 12.5. The van der Waals surface area contributed by atoms with Crippen molar-refractivity contribution in [1.82, 2.24) is 0 Å². The van der Waals surface area contributed by atoms with Crippen LogP contribution in [0.2, 0.25) is 0 Å². The Labute approximate surface area is 157 Å². The Morgan fingerprint density at radius 2 is 1.84 bits per heavy atom. The van der Waals surface area contributed by atoms with Crippen molar-refractivity contribution >= 4 is 43.2 Å². The van der Waals surface area contributed by atoms with Gasteiger partial charge in [0.05, 0.1) is 11.9 Å². The number of sulfonamides is 1. The van der Waals surface area contributed by atoms with Crippen LogP contribution in [0.4, 0.5) is 11.4 Å². The average molecular weight is 425 g/mol. The maximum atomic E-state index is 12.8. The molecule has 0 spiro atoms. The Morgan fingerprint density at radius 1 is 1.20 bits per heavy atom. The van der Waals surface area contributed by atoms with Crippen LogP contribution in [0.3, 0.4) is 0 Å². The van der Waals surface area contributed by atoms with Crippen LogP contribution in [-0.4, -0.2) is 26.6 Å². The number of hydrogen-bond acceptors (Lipinski definition) is 3. The predicted molar refractivity (Wildman–Crippen MR) is 105 cm³/mol. The highest BCUT2D eigenvalue weighted by molar-refractivity contribution is 9.10. The van der Waals surface area contributed by atoms with Crippen LogP contribution in [0, 0.1) is 6.92 Å². The zero-order valence-corrected chi connectivity index (χ0v) is 16.8. The van der Waals surface area contributed by atoms with E-state index in [1.54, 1.807) is 37.3 Å². The maximum Gasteiger partial charge on any atom is 0.248 e. The van der Waals surface area contributed by atoms with Crippen LogP contribution in [-0.2, 0) is 14.8 Å². The van der Waals surface area contributed by atoms with Gasteiger partial charge in [0, 0.05) is 10.2 Å². The molecule has 25 heavy (non-hydrogen) atoms. The summed E-state index contributed by atoms with van der Waals surface area (Å²) in [5, 5.41) is 2.79. The van der Waals surface area contributed by atoms with Gasteiger partial charge < -0.3 is 5.32 Å². The Morgan fingerprint density at radius 3 is 2.36 bits per heavy atom. The van der Waals surface area contributed by atoms with E-state index >= 15 is 0 Å². The van der Waals surface area contributed by atoms with Crippen molar-refractivity contribution in [2.75, 3.05) is 15.9 Å². The standard InChI is InChI=1S/C18H21BrN2O3S/c1-4-17(18(22)20-15-7-5-6-14(19)12-15)21(25(3,23)24)16-10-8-13(2)9-11-16/h5-12,17H,4H2,1-3H3,(H,20,22). The number of halogens is 1. The molecule has 1 N–H and O–H groups in total. The summed E-state index contributed by atoms with van der Waals surface area (Å²) in [6.45, 7) is 3.71. The molecule has 0 aromatic heterocycles. The van der Waals surface area contributed by atoms with Crippen molar-refractivity contribution in [3.05, 3.63) is 58.6 Å². The number of aryl methyl sites for hydroxylation is 1. The van der Waals surface area contributed by atoms with Gasteiger partial charge in [-0.1, -0.05) is 46.6 Å². The summed E-state index contributed by atoms with van der Waals surface area (Å²) in [5.41, 5.74) is 2.10. The minimum absolute atomic E-state index is 0.348. The van der Waals surface area contributed by atoms with E-state index in [2.05, 4.69) is 21.2 Å². The molecule has 0 saturated heterocycles. The van der Waals surface area contributed by atoms with Crippen LogP contribution in [0.15, 0.2) is 53.0 Å². The highest BCUT2D eigenvalue weighted by atomic mass is 79.9. The number of benzene rings is 2. The zero-order chi connectivity index (χ0) is 18.6. The van der Waals surface area contributed by atoms with E-state index in [1.807, 2.05) is 25.1 Å². The molecule has 1 amide bonds. The number of anilines is 2. The summed E-state index contributed by atoms with van der Waals surface area (Å²) >= 11 is 3.35. The third-order valence-corrected chi connectivity index (χ3v) is 5.38. The molecule has 0 aliphatic heterocycles. The molecule has 5 nitrogen and oxygen atoms in total. The summed E-state index contributed by atoms with van der Waals surface area (Å²) < 4.78 is 26.7. The molecule has 2 rings (SSSR count). The van der Waals surface area contributed by atoms with E-state index in [0.29, 0.717) is 17.8 Å². The Kier molecular flexibility index (Phi) is 6.24. The number of nitrogens with zero attached hydrogens (tertiary/aromatic N) is 1. The molecule has 2 aromatic rings. The van der Waals surface area contributed by atoms with Crippen molar-refractivity contribution in [3.63, 3.8) is 0 Å². The molecule has 0 aliphatic rings. The summed E-state index contributed by atoms with van der Waals surface area (Å²) in [6, 6.07) is 13.4. The van der Waals surface area contributed by atoms with E-state index in [0.717, 1.165) is 16.3 Å². The lowest BCUT2D eigenvalue weighted by Crippen LogP contribution is -2.47. The lowest BCUT2D eigenvalue weighted by Gasteiger charge is -2.30. The maximum absolute atomic E-state index is 12.8. The molecule has 0 aliphatic carbocycles. The molecule has 0 radical (unpaired) electrons. The Hall–Kier alpha value is -1.86. The van der Waals surface area contributed by atoms with E-state index in [9.17, 15) is 13.2 Å². The molecule has 7 heteroatoms. The van der Waals surface area contributed by atoms with Crippen LogP contribution < -0.4 is 9.62 Å². The first-order valence-electron chi connectivity index (χ1n) is 7.85. The highest BCUT2D eigenvalue weighted by Gasteiger charge is 2.31. The molecule has 134 valence electrons. The third-order valence-electron chi connectivity index (χ3n) is 3.71. The third kappa shape index (κ3) is 5.06. The minimum atomic E-state index is -3.62. The van der Waals surface area contributed by atoms with Crippen LogP contribution in [0.25, 0.3) is 0 Å². The van der Waals surface area contributed by atoms with E-state index < -0.39 is 16.1 Å². The molecule has 0 saturated carbocycles. The highest BCUT2D eigenvalue weighted by Crippen LogP contribution is 2.24. The van der Waals surface area contributed by atoms with Crippen LogP contribution >= 0.6 is 15.9 Å². The lowest BCUT2D eigenvalue weighted by molar-refractivity contribution is -0.117. The fourth-order valence-corrected chi connectivity index (χ4v) is 4.15. The number of rotatable bonds is 6.